The Hall–Kier alpha value is -2.04. The first-order valence-corrected chi connectivity index (χ1v) is 7.52. The minimum absolute atomic E-state index is 0.0279. The average molecular weight is 289 g/mol. The van der Waals surface area contributed by atoms with Crippen LogP contribution in [0.2, 0.25) is 0 Å². The molecule has 0 atom stereocenters. The van der Waals surface area contributed by atoms with Crippen LogP contribution in [0.4, 0.5) is 0 Å². The van der Waals surface area contributed by atoms with Crippen LogP contribution >= 0.6 is 0 Å². The second kappa shape index (κ2) is 7.11. The molecule has 21 heavy (non-hydrogen) atoms. The summed E-state index contributed by atoms with van der Waals surface area (Å²) in [4.78, 5) is 11.9. The molecule has 0 radical (unpaired) electrons. The first kappa shape index (κ1) is 15.4. The molecule has 5 nitrogen and oxygen atoms in total. The van der Waals surface area contributed by atoms with Gasteiger partial charge in [-0.3, -0.25) is 4.57 Å². The molecule has 0 bridgehead atoms. The maximum Gasteiger partial charge on any atom is 0.345 e. The number of aromatic nitrogens is 3. The summed E-state index contributed by atoms with van der Waals surface area (Å²) in [5, 5.41) is 13.7. The first-order chi connectivity index (χ1) is 10.1. The number of nitrogens with zero attached hydrogens (tertiary/aromatic N) is 3. The third kappa shape index (κ3) is 3.97. The summed E-state index contributed by atoms with van der Waals surface area (Å²) in [6.07, 6.45) is 4.67. The lowest BCUT2D eigenvalue weighted by Crippen LogP contribution is -2.23. The van der Waals surface area contributed by atoms with E-state index >= 15 is 0 Å². The Morgan fingerprint density at radius 1 is 1.24 bits per heavy atom. The van der Waals surface area contributed by atoms with Crippen molar-refractivity contribution in [1.29, 1.82) is 0 Å². The van der Waals surface area contributed by atoms with E-state index in [1.807, 2.05) is 12.1 Å². The molecule has 0 saturated heterocycles. The molecule has 1 aromatic heterocycles. The SMILES string of the molecule is CCCn1c(CCCCc2cccc(O)c2)nn(C)c1=O. The Bertz CT molecular complexity index is 643. The number of phenolic OH excluding ortho intramolecular Hbond substituents is 1. The van der Waals surface area contributed by atoms with E-state index in [-0.39, 0.29) is 5.69 Å². The second-order valence-electron chi connectivity index (χ2n) is 5.35. The van der Waals surface area contributed by atoms with Gasteiger partial charge < -0.3 is 5.11 Å². The molecule has 0 amide bonds. The molecular weight excluding hydrogens is 266 g/mol. The van der Waals surface area contributed by atoms with Crippen LogP contribution in [0.25, 0.3) is 0 Å². The van der Waals surface area contributed by atoms with Gasteiger partial charge in [0.2, 0.25) is 0 Å². The van der Waals surface area contributed by atoms with Gasteiger partial charge in [0.15, 0.2) is 0 Å². The molecular formula is C16H23N3O2. The quantitative estimate of drug-likeness (QED) is 0.795. The van der Waals surface area contributed by atoms with Crippen LogP contribution in [0, 0.1) is 0 Å². The average Bonchev–Trinajstić information content (AvgIpc) is 2.72. The number of aryl methyl sites for hydroxylation is 3. The van der Waals surface area contributed by atoms with Crippen LogP contribution in [0.15, 0.2) is 29.1 Å². The van der Waals surface area contributed by atoms with Gasteiger partial charge in [0.1, 0.15) is 11.6 Å². The van der Waals surface area contributed by atoms with Gasteiger partial charge in [-0.15, -0.1) is 0 Å². The van der Waals surface area contributed by atoms with Gasteiger partial charge in [-0.05, 0) is 43.4 Å². The summed E-state index contributed by atoms with van der Waals surface area (Å²) in [6, 6.07) is 7.37. The van der Waals surface area contributed by atoms with Crippen molar-refractivity contribution in [1.82, 2.24) is 14.3 Å². The fraction of sp³-hybridized carbons (Fsp3) is 0.500. The van der Waals surface area contributed by atoms with E-state index in [2.05, 4.69) is 12.0 Å². The van der Waals surface area contributed by atoms with Crippen LogP contribution < -0.4 is 5.69 Å². The Morgan fingerprint density at radius 3 is 2.71 bits per heavy atom. The van der Waals surface area contributed by atoms with Crippen molar-refractivity contribution in [2.45, 2.75) is 45.6 Å². The third-order valence-corrected chi connectivity index (χ3v) is 3.56. The molecule has 114 valence electrons. The van der Waals surface area contributed by atoms with E-state index in [1.54, 1.807) is 23.7 Å². The second-order valence-corrected chi connectivity index (χ2v) is 5.35. The van der Waals surface area contributed by atoms with Crippen LogP contribution in [0.1, 0.15) is 37.6 Å². The standard InChI is InChI=1S/C16H23N3O2/c1-3-11-19-15(17-18(2)16(19)21)10-5-4-7-13-8-6-9-14(20)12-13/h6,8-9,12,20H,3-5,7,10-11H2,1-2H3. The zero-order chi connectivity index (χ0) is 15.2. The molecule has 0 unspecified atom stereocenters. The van der Waals surface area contributed by atoms with E-state index in [4.69, 9.17) is 0 Å². The molecule has 0 aliphatic rings. The summed E-state index contributed by atoms with van der Waals surface area (Å²) in [6.45, 7) is 2.79. The van der Waals surface area contributed by atoms with Crippen molar-refractivity contribution in [2.24, 2.45) is 7.05 Å². The molecule has 0 aliphatic carbocycles. The summed E-state index contributed by atoms with van der Waals surface area (Å²) < 4.78 is 3.19. The molecule has 1 N–H and O–H groups in total. The van der Waals surface area contributed by atoms with E-state index in [0.29, 0.717) is 5.75 Å². The number of hydrogen-bond acceptors (Lipinski definition) is 3. The summed E-state index contributed by atoms with van der Waals surface area (Å²) in [5.41, 5.74) is 1.11. The molecule has 0 spiro atoms. The number of benzene rings is 1. The molecule has 0 saturated carbocycles. The summed E-state index contributed by atoms with van der Waals surface area (Å²) in [7, 11) is 1.70. The molecule has 1 aromatic carbocycles. The normalized spacial score (nSPS) is 11.0. The number of rotatable bonds is 7. The third-order valence-electron chi connectivity index (χ3n) is 3.56. The van der Waals surface area contributed by atoms with Gasteiger partial charge in [-0.2, -0.15) is 5.10 Å². The fourth-order valence-electron chi connectivity index (χ4n) is 2.51. The molecule has 2 rings (SSSR count). The molecule has 2 aromatic rings. The number of aromatic hydroxyl groups is 1. The molecule has 1 heterocycles. The summed E-state index contributed by atoms with van der Waals surface area (Å²) in [5.74, 6) is 1.19. The monoisotopic (exact) mass is 289 g/mol. The fourth-order valence-corrected chi connectivity index (χ4v) is 2.51. The predicted octanol–water partition coefficient (Wildman–Crippen LogP) is 2.26. The lowest BCUT2D eigenvalue weighted by atomic mass is 10.1. The van der Waals surface area contributed by atoms with Gasteiger partial charge in [0.05, 0.1) is 0 Å². The highest BCUT2D eigenvalue weighted by molar-refractivity contribution is 5.27. The van der Waals surface area contributed by atoms with Gasteiger partial charge in [-0.1, -0.05) is 19.1 Å². The van der Waals surface area contributed by atoms with Gasteiger partial charge in [-0.25, -0.2) is 9.48 Å². The molecule has 0 fully saturated rings. The van der Waals surface area contributed by atoms with Crippen LogP contribution in [-0.2, 0) is 26.4 Å². The van der Waals surface area contributed by atoms with Crippen LogP contribution in [0.5, 0.6) is 5.75 Å². The van der Waals surface area contributed by atoms with Crippen LogP contribution in [0.3, 0.4) is 0 Å². The zero-order valence-electron chi connectivity index (χ0n) is 12.7. The Morgan fingerprint density at radius 2 is 2.00 bits per heavy atom. The highest BCUT2D eigenvalue weighted by atomic mass is 16.3. The van der Waals surface area contributed by atoms with Gasteiger partial charge >= 0.3 is 5.69 Å². The highest BCUT2D eigenvalue weighted by Crippen LogP contribution is 2.13. The Labute approximate surface area is 124 Å². The van der Waals surface area contributed by atoms with Crippen LogP contribution in [-0.4, -0.2) is 19.5 Å². The van der Waals surface area contributed by atoms with Crippen molar-refractivity contribution in [2.75, 3.05) is 0 Å². The Balaban J connectivity index is 1.89. The van der Waals surface area contributed by atoms with E-state index in [9.17, 15) is 9.90 Å². The summed E-state index contributed by atoms with van der Waals surface area (Å²) >= 11 is 0. The van der Waals surface area contributed by atoms with Gasteiger partial charge in [0.25, 0.3) is 0 Å². The van der Waals surface area contributed by atoms with Crippen molar-refractivity contribution in [3.05, 3.63) is 46.1 Å². The number of hydrogen-bond donors (Lipinski definition) is 1. The molecule has 0 aliphatic heterocycles. The predicted molar refractivity (Wildman–Crippen MR) is 82.5 cm³/mol. The van der Waals surface area contributed by atoms with Crippen molar-refractivity contribution >= 4 is 0 Å². The maximum absolute atomic E-state index is 11.9. The first-order valence-electron chi connectivity index (χ1n) is 7.52. The molecule has 5 heteroatoms. The largest absolute Gasteiger partial charge is 0.508 e. The van der Waals surface area contributed by atoms with Gasteiger partial charge in [0, 0.05) is 20.0 Å². The zero-order valence-corrected chi connectivity index (χ0v) is 12.7. The Kier molecular flexibility index (Phi) is 5.20. The number of phenols is 1. The van der Waals surface area contributed by atoms with E-state index < -0.39 is 0 Å². The smallest absolute Gasteiger partial charge is 0.345 e. The van der Waals surface area contributed by atoms with Crippen molar-refractivity contribution < 1.29 is 5.11 Å². The topological polar surface area (TPSA) is 60.0 Å². The maximum atomic E-state index is 11.9. The minimum atomic E-state index is -0.0279. The minimum Gasteiger partial charge on any atom is -0.508 e. The lowest BCUT2D eigenvalue weighted by Gasteiger charge is -2.04. The van der Waals surface area contributed by atoms with E-state index in [0.717, 1.165) is 50.0 Å². The lowest BCUT2D eigenvalue weighted by molar-refractivity contribution is 0.474. The van der Waals surface area contributed by atoms with Crippen molar-refractivity contribution in [3.63, 3.8) is 0 Å². The van der Waals surface area contributed by atoms with Crippen molar-refractivity contribution in [3.8, 4) is 5.75 Å². The highest BCUT2D eigenvalue weighted by Gasteiger charge is 2.09. The van der Waals surface area contributed by atoms with E-state index in [1.165, 1.54) is 4.68 Å². The number of unbranched alkanes of at least 4 members (excludes halogenated alkanes) is 1.